The van der Waals surface area contributed by atoms with Gasteiger partial charge in [-0.15, -0.1) is 0 Å². The number of fused-ring (bicyclic) bond motifs is 2. The van der Waals surface area contributed by atoms with Gasteiger partial charge in [-0.2, -0.15) is 0 Å². The van der Waals surface area contributed by atoms with E-state index in [1.165, 1.54) is 0 Å². The van der Waals surface area contributed by atoms with E-state index in [-0.39, 0.29) is 66.5 Å². The summed E-state index contributed by atoms with van der Waals surface area (Å²) in [5.74, 6) is -0.783. The number of carbonyl (C=O) groups is 4. The lowest BCUT2D eigenvalue weighted by Gasteiger charge is -2.41. The number of nitrogens with two attached hydrogens (primary N) is 1. The first kappa shape index (κ1) is 43.5. The minimum absolute atomic E-state index is 0.00849. The van der Waals surface area contributed by atoms with E-state index in [0.29, 0.717) is 37.0 Å². The van der Waals surface area contributed by atoms with Gasteiger partial charge in [-0.25, -0.2) is 0 Å². The smallest absolute Gasteiger partial charge is 0.245 e. The number of aliphatic hydroxyl groups is 1. The Hall–Kier alpha value is -3.26. The molecule has 1 aliphatic carbocycles. The van der Waals surface area contributed by atoms with Crippen LogP contribution in [0.4, 0.5) is 5.69 Å². The first-order valence-corrected chi connectivity index (χ1v) is 20.1. The Balaban J connectivity index is 1.44. The van der Waals surface area contributed by atoms with Gasteiger partial charge in [-0.1, -0.05) is 60.1 Å². The standard InChI is InChI=1S/C41H68N6O7/c1-10-24(4)37(46(7)41(52)35(23(2)3)45-40(51)36-30-17-18-31(44-36)25(30)5)33(53-8)21-34(49)47-19-11-12-32(47)38(54-9)26(6)39(50)43-29(22-48)20-27-13-15-28(42)16-14-27/h13-16,23-26,29-33,35-38,44,48H,10-12,17-22,42H2,1-9H3,(H,43,50)(H,45,51)/t24-,25-,26+,29-,30?,31?,32-,33+,35-,36-,37?,38+/m0/s1. The number of aliphatic hydroxyl groups excluding tert-OH is 1. The van der Waals surface area contributed by atoms with Gasteiger partial charge in [0.15, 0.2) is 0 Å². The van der Waals surface area contributed by atoms with Crippen LogP contribution in [-0.4, -0.2) is 121 Å². The van der Waals surface area contributed by atoms with Gasteiger partial charge in [0, 0.05) is 39.5 Å². The molecule has 13 nitrogen and oxygen atoms in total. The number of nitrogens with one attached hydrogen (secondary N) is 3. The third-order valence-electron chi connectivity index (χ3n) is 12.7. The zero-order chi connectivity index (χ0) is 39.9. The summed E-state index contributed by atoms with van der Waals surface area (Å²) in [4.78, 5) is 59.0. The van der Waals surface area contributed by atoms with Crippen molar-refractivity contribution in [1.29, 1.82) is 0 Å². The van der Waals surface area contributed by atoms with E-state index in [2.05, 4.69) is 36.7 Å². The number of anilines is 1. The van der Waals surface area contributed by atoms with Crippen LogP contribution in [0.2, 0.25) is 0 Å². The minimum atomic E-state index is -0.728. The Morgan fingerprint density at radius 1 is 1.04 bits per heavy atom. The average Bonchev–Trinajstić information content (AvgIpc) is 3.87. The molecule has 2 bridgehead atoms. The van der Waals surface area contributed by atoms with Crippen molar-refractivity contribution in [3.63, 3.8) is 0 Å². The number of likely N-dealkylation sites (tertiary alicyclic amines) is 1. The topological polar surface area (TPSA) is 176 Å². The number of ether oxygens (including phenoxy) is 2. The van der Waals surface area contributed by atoms with E-state index in [9.17, 15) is 24.3 Å². The fourth-order valence-electron chi connectivity index (χ4n) is 9.24. The second-order valence-corrected chi connectivity index (χ2v) is 16.5. The van der Waals surface area contributed by atoms with Crippen LogP contribution < -0.4 is 21.7 Å². The second kappa shape index (κ2) is 19.6. The lowest BCUT2D eigenvalue weighted by atomic mass is 9.89. The van der Waals surface area contributed by atoms with Crippen LogP contribution in [0.25, 0.3) is 0 Å². The molecule has 0 spiro atoms. The third kappa shape index (κ3) is 9.94. The Morgan fingerprint density at radius 2 is 1.72 bits per heavy atom. The summed E-state index contributed by atoms with van der Waals surface area (Å²) in [5.41, 5.74) is 7.39. The molecular weight excluding hydrogens is 688 g/mol. The number of hydrogen-bond acceptors (Lipinski definition) is 9. The lowest BCUT2D eigenvalue weighted by molar-refractivity contribution is -0.147. The zero-order valence-corrected chi connectivity index (χ0v) is 34.0. The number of methoxy groups -OCH3 is 2. The monoisotopic (exact) mass is 757 g/mol. The van der Waals surface area contributed by atoms with Crippen molar-refractivity contribution in [2.24, 2.45) is 29.6 Å². The molecule has 4 rings (SSSR count). The fraction of sp³-hybridized carbons (Fsp3) is 0.756. The van der Waals surface area contributed by atoms with Gasteiger partial charge in [-0.3, -0.25) is 19.2 Å². The molecule has 0 radical (unpaired) electrons. The SMILES string of the molecule is CC[C@H](C)C([C@@H](CC(=O)N1CCC[C@H]1[C@H](OC)[C@@H](C)C(=O)N[C@H](CO)Cc1ccc(N)cc1)OC)N(C)C(=O)[C@@H](NC(=O)[C@H]1NC2CCC1[C@@H]2C)C(C)C. The first-order valence-electron chi connectivity index (χ1n) is 20.1. The molecule has 6 N–H and O–H groups in total. The number of amides is 4. The van der Waals surface area contributed by atoms with Crippen molar-refractivity contribution < 1.29 is 33.8 Å². The maximum Gasteiger partial charge on any atom is 0.245 e. The van der Waals surface area contributed by atoms with E-state index in [4.69, 9.17) is 15.2 Å². The van der Waals surface area contributed by atoms with Crippen LogP contribution in [0.3, 0.4) is 0 Å². The summed E-state index contributed by atoms with van der Waals surface area (Å²) in [6.45, 7) is 12.3. The predicted molar refractivity (Wildman–Crippen MR) is 209 cm³/mol. The van der Waals surface area contributed by atoms with Gasteiger partial charge in [0.2, 0.25) is 23.6 Å². The van der Waals surface area contributed by atoms with E-state index in [1.54, 1.807) is 50.1 Å². The molecule has 1 aromatic carbocycles. The summed E-state index contributed by atoms with van der Waals surface area (Å²) >= 11 is 0. The second-order valence-electron chi connectivity index (χ2n) is 16.5. The van der Waals surface area contributed by atoms with Crippen molar-refractivity contribution in [3.8, 4) is 0 Å². The quantitative estimate of drug-likeness (QED) is 0.133. The van der Waals surface area contributed by atoms with Gasteiger partial charge >= 0.3 is 0 Å². The van der Waals surface area contributed by atoms with Gasteiger partial charge in [-0.05, 0) is 73.5 Å². The van der Waals surface area contributed by atoms with Gasteiger partial charge in [0.1, 0.15) is 6.04 Å². The maximum atomic E-state index is 14.3. The molecule has 2 saturated heterocycles. The largest absolute Gasteiger partial charge is 0.399 e. The summed E-state index contributed by atoms with van der Waals surface area (Å²) in [6.07, 6.45) is 3.57. The van der Waals surface area contributed by atoms with Crippen LogP contribution in [0, 0.1) is 29.6 Å². The average molecular weight is 757 g/mol. The van der Waals surface area contributed by atoms with Gasteiger partial charge in [0.05, 0.1) is 55.3 Å². The van der Waals surface area contributed by atoms with Crippen LogP contribution >= 0.6 is 0 Å². The summed E-state index contributed by atoms with van der Waals surface area (Å²) < 4.78 is 12.0. The molecule has 1 saturated carbocycles. The Morgan fingerprint density at radius 3 is 2.26 bits per heavy atom. The van der Waals surface area contributed by atoms with Crippen LogP contribution in [0.1, 0.15) is 85.6 Å². The summed E-state index contributed by atoms with van der Waals surface area (Å²) in [7, 11) is 4.88. The Labute approximate surface area is 322 Å². The Bertz CT molecular complexity index is 1410. The van der Waals surface area contributed by atoms with Crippen molar-refractivity contribution in [2.45, 2.75) is 135 Å². The van der Waals surface area contributed by atoms with Crippen molar-refractivity contribution in [3.05, 3.63) is 29.8 Å². The molecule has 1 aromatic rings. The molecule has 13 heteroatoms. The molecule has 2 heterocycles. The predicted octanol–water partition coefficient (Wildman–Crippen LogP) is 2.74. The first-order chi connectivity index (χ1) is 25.7. The fourth-order valence-corrected chi connectivity index (χ4v) is 9.24. The van der Waals surface area contributed by atoms with Crippen LogP contribution in [0.5, 0.6) is 0 Å². The number of likely N-dealkylation sites (N-methyl/N-ethyl adjacent to an activating group) is 1. The molecule has 54 heavy (non-hydrogen) atoms. The van der Waals surface area contributed by atoms with Crippen LogP contribution in [-0.2, 0) is 35.1 Å². The highest BCUT2D eigenvalue weighted by Crippen LogP contribution is 2.40. The molecule has 3 unspecified atom stereocenters. The molecule has 4 amide bonds. The zero-order valence-electron chi connectivity index (χ0n) is 34.0. The molecule has 304 valence electrons. The van der Waals surface area contributed by atoms with E-state index in [1.807, 2.05) is 26.0 Å². The highest BCUT2D eigenvalue weighted by Gasteiger charge is 2.49. The molecule has 12 atom stereocenters. The number of nitrogens with zero attached hydrogens (tertiary/aromatic N) is 2. The number of hydrogen-bond donors (Lipinski definition) is 5. The molecule has 3 fully saturated rings. The van der Waals surface area contributed by atoms with E-state index in [0.717, 1.165) is 31.2 Å². The number of nitrogen functional groups attached to an aromatic ring is 1. The summed E-state index contributed by atoms with van der Waals surface area (Å²) in [6, 6.07) is 5.37. The minimum Gasteiger partial charge on any atom is -0.399 e. The molecule has 0 aromatic heterocycles. The van der Waals surface area contributed by atoms with Crippen molar-refractivity contribution >= 4 is 29.3 Å². The summed E-state index contributed by atoms with van der Waals surface area (Å²) in [5, 5.41) is 19.6. The van der Waals surface area contributed by atoms with Gasteiger partial charge in [0.25, 0.3) is 0 Å². The number of piperidine rings is 1. The van der Waals surface area contributed by atoms with Crippen molar-refractivity contribution in [1.82, 2.24) is 25.8 Å². The van der Waals surface area contributed by atoms with E-state index < -0.39 is 36.3 Å². The van der Waals surface area contributed by atoms with Crippen molar-refractivity contribution in [2.75, 3.05) is 40.2 Å². The number of rotatable bonds is 19. The Kier molecular flexibility index (Phi) is 15.7. The number of benzene rings is 1. The third-order valence-corrected chi connectivity index (χ3v) is 12.7. The normalized spacial score (nSPS) is 26.1. The highest BCUT2D eigenvalue weighted by molar-refractivity contribution is 5.90. The molecule has 2 aliphatic heterocycles. The van der Waals surface area contributed by atoms with Crippen LogP contribution in [0.15, 0.2) is 24.3 Å². The lowest BCUT2D eigenvalue weighted by Crippen LogP contribution is -2.60. The highest BCUT2D eigenvalue weighted by atomic mass is 16.5. The maximum absolute atomic E-state index is 14.3. The number of carbonyl (C=O) groups excluding carboxylic acids is 4. The molecule has 3 aliphatic rings. The van der Waals surface area contributed by atoms with Gasteiger partial charge < -0.3 is 46.1 Å². The van der Waals surface area contributed by atoms with E-state index >= 15 is 0 Å². The molecular formula is C41H68N6O7.